The van der Waals surface area contributed by atoms with Crippen LogP contribution in [0.2, 0.25) is 0 Å². The maximum Gasteiger partial charge on any atom is 0.119 e. The highest BCUT2D eigenvalue weighted by Crippen LogP contribution is 2.23. The number of fused-ring (bicyclic) bond motifs is 1. The fourth-order valence-corrected chi connectivity index (χ4v) is 4.70. The van der Waals surface area contributed by atoms with Crippen LogP contribution in [0.15, 0.2) is 24.4 Å². The summed E-state index contributed by atoms with van der Waals surface area (Å²) in [6.45, 7) is 7.28. The van der Waals surface area contributed by atoms with Crippen LogP contribution in [0, 0.1) is 0 Å². The number of H-pyrrole nitrogens is 1. The molecule has 0 amide bonds. The molecular weight excluding hydrogens is 468 g/mol. The maximum absolute atomic E-state index is 10.2. The first-order chi connectivity index (χ1) is 18.8. The van der Waals surface area contributed by atoms with Gasteiger partial charge in [-0.1, -0.05) is 124 Å². The standard InChI is InChI=1S/C20H40O.C12H16N2O.C2H6/c1-2-3-4-5-6-7-8-9-10-11-12-13-14-15-16-17-18-19-20-21;1-13-6-5-9-8-14-12-4-3-10(15-2)7-11(9)12;1-2/h20H,2-19H2,1H3;3-4,7-8,13-14H,5-6H2,1-2H3;1-2H3. The van der Waals surface area contributed by atoms with Gasteiger partial charge in [-0.25, -0.2) is 0 Å². The molecule has 0 atom stereocenters. The van der Waals surface area contributed by atoms with Crippen molar-refractivity contribution in [1.82, 2.24) is 10.3 Å². The number of carbonyl (C=O) groups excluding carboxylic acids is 1. The first-order valence-corrected chi connectivity index (χ1v) is 16.0. The lowest BCUT2D eigenvalue weighted by Crippen LogP contribution is -2.09. The van der Waals surface area contributed by atoms with E-state index in [9.17, 15) is 4.79 Å². The molecule has 0 radical (unpaired) electrons. The molecule has 0 unspecified atom stereocenters. The fraction of sp³-hybridized carbons (Fsp3) is 0.735. The second kappa shape index (κ2) is 28.2. The predicted molar refractivity (Wildman–Crippen MR) is 169 cm³/mol. The van der Waals surface area contributed by atoms with Crippen molar-refractivity contribution in [1.29, 1.82) is 0 Å². The van der Waals surface area contributed by atoms with Crippen LogP contribution < -0.4 is 10.1 Å². The van der Waals surface area contributed by atoms with Crippen molar-refractivity contribution in [2.45, 2.75) is 143 Å². The van der Waals surface area contributed by atoms with Crippen LogP contribution in [-0.4, -0.2) is 32.0 Å². The van der Waals surface area contributed by atoms with Crippen molar-refractivity contribution >= 4 is 17.2 Å². The number of hydrogen-bond donors (Lipinski definition) is 2. The number of nitrogens with one attached hydrogen (secondary N) is 2. The summed E-state index contributed by atoms with van der Waals surface area (Å²) < 4.78 is 5.22. The van der Waals surface area contributed by atoms with E-state index < -0.39 is 0 Å². The second-order valence-corrected chi connectivity index (χ2v) is 10.2. The molecule has 0 fully saturated rings. The van der Waals surface area contributed by atoms with Gasteiger partial charge in [-0.15, -0.1) is 0 Å². The summed E-state index contributed by atoms with van der Waals surface area (Å²) in [6.07, 6.45) is 28.7. The van der Waals surface area contributed by atoms with E-state index in [1.807, 2.05) is 27.0 Å². The molecule has 0 aliphatic heterocycles. The molecule has 0 spiro atoms. The first kappa shape index (κ1) is 36.2. The van der Waals surface area contributed by atoms with E-state index in [2.05, 4.69) is 35.6 Å². The molecular formula is C34H62N2O2. The van der Waals surface area contributed by atoms with Crippen LogP contribution in [0.3, 0.4) is 0 Å². The lowest BCUT2D eigenvalue weighted by molar-refractivity contribution is -0.107. The summed E-state index contributed by atoms with van der Waals surface area (Å²) in [5, 5.41) is 4.41. The van der Waals surface area contributed by atoms with Crippen molar-refractivity contribution in [2.75, 3.05) is 20.7 Å². The minimum atomic E-state index is 0.763. The summed E-state index contributed by atoms with van der Waals surface area (Å²) in [5.41, 5.74) is 2.50. The summed E-state index contributed by atoms with van der Waals surface area (Å²) in [5.74, 6) is 0.910. The number of carbonyl (C=O) groups is 1. The molecule has 0 saturated carbocycles. The van der Waals surface area contributed by atoms with E-state index in [4.69, 9.17) is 4.74 Å². The third kappa shape index (κ3) is 19.3. The molecule has 0 aliphatic carbocycles. The summed E-state index contributed by atoms with van der Waals surface area (Å²) in [7, 11) is 3.66. The summed E-state index contributed by atoms with van der Waals surface area (Å²) >= 11 is 0. The lowest BCUT2D eigenvalue weighted by atomic mass is 10.0. The number of hydrogen-bond acceptors (Lipinski definition) is 3. The molecule has 38 heavy (non-hydrogen) atoms. The van der Waals surface area contributed by atoms with Gasteiger partial charge >= 0.3 is 0 Å². The molecule has 0 saturated heterocycles. The van der Waals surface area contributed by atoms with Gasteiger partial charge in [0.2, 0.25) is 0 Å². The Bertz CT molecular complexity index is 756. The summed E-state index contributed by atoms with van der Waals surface area (Å²) in [6, 6.07) is 6.11. The molecule has 1 aromatic carbocycles. The van der Waals surface area contributed by atoms with E-state index in [-0.39, 0.29) is 0 Å². The fourth-order valence-electron chi connectivity index (χ4n) is 4.70. The topological polar surface area (TPSA) is 54.1 Å². The Balaban J connectivity index is 0.000000703. The molecule has 0 aliphatic rings. The average molecular weight is 531 g/mol. The Labute approximate surface area is 236 Å². The second-order valence-electron chi connectivity index (χ2n) is 10.2. The van der Waals surface area contributed by atoms with Gasteiger partial charge in [0.1, 0.15) is 12.0 Å². The SMILES string of the molecule is CC.CCCCCCCCCCCCCCCCCCCC=O.CNCCc1c[nH]c2ccc(OC)cc12. The smallest absolute Gasteiger partial charge is 0.119 e. The van der Waals surface area contributed by atoms with E-state index in [1.54, 1.807) is 7.11 Å². The number of aldehydes is 1. The Morgan fingerprint density at radius 1 is 0.789 bits per heavy atom. The first-order valence-electron chi connectivity index (χ1n) is 16.0. The number of rotatable bonds is 22. The molecule has 4 nitrogen and oxygen atoms in total. The highest BCUT2D eigenvalue weighted by molar-refractivity contribution is 5.84. The normalized spacial score (nSPS) is 10.4. The van der Waals surface area contributed by atoms with Crippen LogP contribution in [-0.2, 0) is 11.2 Å². The number of unbranched alkanes of at least 4 members (excludes halogenated alkanes) is 17. The highest BCUT2D eigenvalue weighted by atomic mass is 16.5. The van der Waals surface area contributed by atoms with Crippen molar-refractivity contribution < 1.29 is 9.53 Å². The molecule has 1 aromatic heterocycles. The van der Waals surface area contributed by atoms with Crippen LogP contribution in [0.4, 0.5) is 0 Å². The van der Waals surface area contributed by atoms with Crippen LogP contribution in [0.25, 0.3) is 10.9 Å². The number of methoxy groups -OCH3 is 1. The lowest BCUT2D eigenvalue weighted by Gasteiger charge is -2.03. The minimum Gasteiger partial charge on any atom is -0.497 e. The minimum absolute atomic E-state index is 0.763. The van der Waals surface area contributed by atoms with Crippen LogP contribution in [0.1, 0.15) is 142 Å². The third-order valence-electron chi connectivity index (χ3n) is 7.04. The zero-order chi connectivity index (χ0) is 28.1. The number of aromatic amines is 1. The number of likely N-dealkylation sites (N-methyl/N-ethyl adjacent to an activating group) is 1. The Morgan fingerprint density at radius 3 is 1.74 bits per heavy atom. The third-order valence-corrected chi connectivity index (χ3v) is 7.04. The maximum atomic E-state index is 10.2. The van der Waals surface area contributed by atoms with Gasteiger partial charge in [-0.2, -0.15) is 0 Å². The van der Waals surface area contributed by atoms with E-state index in [0.717, 1.165) is 37.8 Å². The molecule has 2 N–H and O–H groups in total. The van der Waals surface area contributed by atoms with Crippen molar-refractivity contribution in [3.05, 3.63) is 30.0 Å². The van der Waals surface area contributed by atoms with Crippen molar-refractivity contribution in [3.8, 4) is 5.75 Å². The Kier molecular flexibility index (Phi) is 26.9. The molecule has 0 bridgehead atoms. The Morgan fingerprint density at radius 2 is 1.29 bits per heavy atom. The van der Waals surface area contributed by atoms with Gasteiger partial charge < -0.3 is 19.8 Å². The largest absolute Gasteiger partial charge is 0.497 e. The van der Waals surface area contributed by atoms with Crippen molar-refractivity contribution in [2.24, 2.45) is 0 Å². The highest BCUT2D eigenvalue weighted by Gasteiger charge is 2.04. The van der Waals surface area contributed by atoms with Crippen LogP contribution in [0.5, 0.6) is 5.75 Å². The number of aromatic nitrogens is 1. The summed E-state index contributed by atoms with van der Waals surface area (Å²) in [4.78, 5) is 13.4. The molecule has 220 valence electrons. The zero-order valence-corrected chi connectivity index (χ0v) is 25.8. The van der Waals surface area contributed by atoms with Crippen LogP contribution >= 0.6 is 0 Å². The van der Waals surface area contributed by atoms with E-state index >= 15 is 0 Å². The van der Waals surface area contributed by atoms with E-state index in [0.29, 0.717) is 0 Å². The molecule has 2 aromatic rings. The zero-order valence-electron chi connectivity index (χ0n) is 25.8. The van der Waals surface area contributed by atoms with Gasteiger partial charge in [-0.3, -0.25) is 0 Å². The number of benzene rings is 1. The Hall–Kier alpha value is -1.81. The predicted octanol–water partition coefficient (Wildman–Crippen LogP) is 10.2. The van der Waals surface area contributed by atoms with Crippen molar-refractivity contribution in [3.63, 3.8) is 0 Å². The van der Waals surface area contributed by atoms with Gasteiger partial charge in [0.05, 0.1) is 7.11 Å². The van der Waals surface area contributed by atoms with Gasteiger partial charge in [0.25, 0.3) is 0 Å². The monoisotopic (exact) mass is 530 g/mol. The van der Waals surface area contributed by atoms with Gasteiger partial charge in [-0.05, 0) is 50.2 Å². The van der Waals surface area contributed by atoms with Gasteiger partial charge in [0.15, 0.2) is 0 Å². The molecule has 2 rings (SSSR count). The molecule has 1 heterocycles. The van der Waals surface area contributed by atoms with E-state index in [1.165, 1.54) is 119 Å². The average Bonchev–Trinajstić information content (AvgIpc) is 3.37. The quantitative estimate of drug-likeness (QED) is 0.118. The van der Waals surface area contributed by atoms with Gasteiger partial charge in [0, 0.05) is 23.5 Å². The molecule has 4 heteroatoms. The number of ether oxygens (including phenoxy) is 1.